The second-order valence-corrected chi connectivity index (χ2v) is 7.42. The van der Waals surface area contributed by atoms with Crippen LogP contribution in [-0.4, -0.2) is 71.3 Å². The van der Waals surface area contributed by atoms with E-state index in [0.717, 1.165) is 64.8 Å². The van der Waals surface area contributed by atoms with Gasteiger partial charge in [-0.2, -0.15) is 0 Å². The Morgan fingerprint density at radius 3 is 2.35 bits per heavy atom. The Bertz CT molecular complexity index is 436. The first-order valence-electron chi connectivity index (χ1n) is 9.44. The molecule has 3 aliphatic rings. The molecule has 2 heterocycles. The Morgan fingerprint density at radius 1 is 1.00 bits per heavy atom. The van der Waals surface area contributed by atoms with Gasteiger partial charge in [0.25, 0.3) is 0 Å². The lowest BCUT2D eigenvalue weighted by atomic mass is 9.89. The summed E-state index contributed by atoms with van der Waals surface area (Å²) < 4.78 is 0. The van der Waals surface area contributed by atoms with Crippen molar-refractivity contribution in [3.63, 3.8) is 0 Å². The molecule has 2 saturated heterocycles. The van der Waals surface area contributed by atoms with Gasteiger partial charge in [-0.3, -0.25) is 9.59 Å². The number of carbonyl (C=O) groups is 2. The van der Waals surface area contributed by atoms with Gasteiger partial charge in [-0.1, -0.05) is 0 Å². The van der Waals surface area contributed by atoms with E-state index in [1.807, 2.05) is 4.90 Å². The highest BCUT2D eigenvalue weighted by molar-refractivity contribution is 5.78. The van der Waals surface area contributed by atoms with Crippen molar-refractivity contribution in [3.05, 3.63) is 0 Å². The van der Waals surface area contributed by atoms with Gasteiger partial charge in [0.05, 0.1) is 0 Å². The van der Waals surface area contributed by atoms with Crippen LogP contribution in [0.25, 0.3) is 0 Å². The molecule has 0 bridgehead atoms. The summed E-state index contributed by atoms with van der Waals surface area (Å²) in [6, 6.07) is 0.933. The Morgan fingerprint density at radius 2 is 1.74 bits per heavy atom. The van der Waals surface area contributed by atoms with E-state index in [0.29, 0.717) is 18.0 Å². The lowest BCUT2D eigenvalue weighted by Crippen LogP contribution is -2.49. The largest absolute Gasteiger partial charge is 0.341 e. The molecule has 0 spiro atoms. The van der Waals surface area contributed by atoms with E-state index in [4.69, 9.17) is 0 Å². The van der Waals surface area contributed by atoms with Gasteiger partial charge >= 0.3 is 0 Å². The second kappa shape index (κ2) is 7.65. The monoisotopic (exact) mass is 321 g/mol. The van der Waals surface area contributed by atoms with Crippen molar-refractivity contribution in [1.29, 1.82) is 0 Å². The first-order valence-corrected chi connectivity index (χ1v) is 9.44. The number of nitrogens with zero attached hydrogens (tertiary/aromatic N) is 3. The van der Waals surface area contributed by atoms with Gasteiger partial charge < -0.3 is 14.7 Å². The summed E-state index contributed by atoms with van der Waals surface area (Å²) in [5.74, 6) is 0.584. The molecule has 0 aromatic rings. The van der Waals surface area contributed by atoms with Crippen molar-refractivity contribution in [2.24, 2.45) is 0 Å². The standard InChI is InChI=1S/C18H31N3O2/c1-15(22)21(16-5-2-6-16)17-7-3-10-19(12-9-17)13-14-20-11-4-8-18(20)23/h16-17H,2-14H2,1H3. The Balaban J connectivity index is 1.48. The van der Waals surface area contributed by atoms with E-state index in [-0.39, 0.29) is 5.91 Å². The SMILES string of the molecule is CC(=O)N(C1CCC1)C1CCCN(CCN2CCCC2=O)CC1. The average Bonchev–Trinajstić information content (AvgIpc) is 2.74. The van der Waals surface area contributed by atoms with Crippen molar-refractivity contribution >= 4 is 11.8 Å². The highest BCUT2D eigenvalue weighted by Crippen LogP contribution is 2.30. The molecule has 3 rings (SSSR count). The summed E-state index contributed by atoms with van der Waals surface area (Å²) in [6.07, 6.45) is 8.80. The summed E-state index contributed by atoms with van der Waals surface area (Å²) >= 11 is 0. The van der Waals surface area contributed by atoms with Crippen LogP contribution in [0.4, 0.5) is 0 Å². The van der Waals surface area contributed by atoms with Gasteiger partial charge in [-0.05, 0) is 51.5 Å². The van der Waals surface area contributed by atoms with Crippen LogP contribution in [-0.2, 0) is 9.59 Å². The van der Waals surface area contributed by atoms with E-state index in [1.54, 1.807) is 6.92 Å². The molecule has 2 aliphatic heterocycles. The van der Waals surface area contributed by atoms with Crippen LogP contribution in [0.2, 0.25) is 0 Å². The van der Waals surface area contributed by atoms with E-state index < -0.39 is 0 Å². The quantitative estimate of drug-likeness (QED) is 0.776. The number of rotatable bonds is 5. The highest BCUT2D eigenvalue weighted by Gasteiger charge is 2.33. The highest BCUT2D eigenvalue weighted by atomic mass is 16.2. The van der Waals surface area contributed by atoms with Crippen LogP contribution in [0.5, 0.6) is 0 Å². The third-order valence-electron chi connectivity index (χ3n) is 5.87. The lowest BCUT2D eigenvalue weighted by Gasteiger charge is -2.42. The molecule has 0 radical (unpaired) electrons. The Kier molecular flexibility index (Phi) is 5.57. The number of amides is 2. The molecule has 1 saturated carbocycles. The smallest absolute Gasteiger partial charge is 0.222 e. The molecule has 5 heteroatoms. The molecular formula is C18H31N3O2. The van der Waals surface area contributed by atoms with E-state index >= 15 is 0 Å². The topological polar surface area (TPSA) is 43.9 Å². The molecule has 5 nitrogen and oxygen atoms in total. The molecule has 0 aromatic carbocycles. The molecule has 0 N–H and O–H groups in total. The fourth-order valence-corrected chi connectivity index (χ4v) is 4.32. The molecule has 130 valence electrons. The molecule has 23 heavy (non-hydrogen) atoms. The summed E-state index contributed by atoms with van der Waals surface area (Å²) in [6.45, 7) is 6.71. The van der Waals surface area contributed by atoms with Crippen molar-refractivity contribution in [2.45, 2.75) is 70.4 Å². The maximum Gasteiger partial charge on any atom is 0.222 e. The number of carbonyl (C=O) groups excluding carboxylic acids is 2. The number of hydrogen-bond donors (Lipinski definition) is 0. The van der Waals surface area contributed by atoms with Crippen LogP contribution >= 0.6 is 0 Å². The first-order chi connectivity index (χ1) is 11.1. The van der Waals surface area contributed by atoms with E-state index in [2.05, 4.69) is 9.80 Å². The Labute approximate surface area is 140 Å². The number of hydrogen-bond acceptors (Lipinski definition) is 3. The maximum atomic E-state index is 12.1. The normalized spacial score (nSPS) is 26.9. The molecule has 1 atom stereocenters. The van der Waals surface area contributed by atoms with Gasteiger partial charge in [0, 0.05) is 51.6 Å². The zero-order chi connectivity index (χ0) is 16.2. The van der Waals surface area contributed by atoms with Crippen LogP contribution in [0.1, 0.15) is 58.3 Å². The minimum atomic E-state index is 0.260. The van der Waals surface area contributed by atoms with Crippen LogP contribution in [0, 0.1) is 0 Å². The van der Waals surface area contributed by atoms with Gasteiger partial charge in [0.1, 0.15) is 0 Å². The van der Waals surface area contributed by atoms with Crippen molar-refractivity contribution in [3.8, 4) is 0 Å². The molecule has 1 aliphatic carbocycles. The van der Waals surface area contributed by atoms with Gasteiger partial charge in [0.2, 0.25) is 11.8 Å². The third-order valence-corrected chi connectivity index (χ3v) is 5.87. The van der Waals surface area contributed by atoms with Crippen LogP contribution in [0.3, 0.4) is 0 Å². The lowest BCUT2D eigenvalue weighted by molar-refractivity contribution is -0.136. The summed E-state index contributed by atoms with van der Waals surface area (Å²) in [5, 5.41) is 0. The van der Waals surface area contributed by atoms with Crippen molar-refractivity contribution < 1.29 is 9.59 Å². The number of likely N-dealkylation sites (tertiary alicyclic amines) is 2. The zero-order valence-corrected chi connectivity index (χ0v) is 14.5. The van der Waals surface area contributed by atoms with Crippen LogP contribution < -0.4 is 0 Å². The van der Waals surface area contributed by atoms with Gasteiger partial charge in [0.15, 0.2) is 0 Å². The summed E-state index contributed by atoms with van der Waals surface area (Å²) in [5.41, 5.74) is 0. The van der Waals surface area contributed by atoms with Crippen molar-refractivity contribution in [1.82, 2.24) is 14.7 Å². The predicted octanol–water partition coefficient (Wildman–Crippen LogP) is 1.86. The molecule has 3 fully saturated rings. The molecule has 0 aromatic heterocycles. The first kappa shape index (κ1) is 16.7. The van der Waals surface area contributed by atoms with E-state index in [1.165, 1.54) is 19.3 Å². The molecule has 2 amide bonds. The predicted molar refractivity (Wildman–Crippen MR) is 90.1 cm³/mol. The summed E-state index contributed by atoms with van der Waals surface area (Å²) in [4.78, 5) is 30.5. The van der Waals surface area contributed by atoms with Crippen molar-refractivity contribution in [2.75, 3.05) is 32.7 Å². The summed E-state index contributed by atoms with van der Waals surface area (Å²) in [7, 11) is 0. The Hall–Kier alpha value is -1.10. The molecule has 1 unspecified atom stereocenters. The minimum absolute atomic E-state index is 0.260. The fourth-order valence-electron chi connectivity index (χ4n) is 4.32. The average molecular weight is 321 g/mol. The fraction of sp³-hybridized carbons (Fsp3) is 0.889. The minimum Gasteiger partial charge on any atom is -0.341 e. The zero-order valence-electron chi connectivity index (χ0n) is 14.5. The molecular weight excluding hydrogens is 290 g/mol. The van der Waals surface area contributed by atoms with E-state index in [9.17, 15) is 9.59 Å². The van der Waals surface area contributed by atoms with Gasteiger partial charge in [-0.15, -0.1) is 0 Å². The maximum absolute atomic E-state index is 12.1. The third kappa shape index (κ3) is 4.06. The van der Waals surface area contributed by atoms with Gasteiger partial charge in [-0.25, -0.2) is 0 Å². The second-order valence-electron chi connectivity index (χ2n) is 7.42. The van der Waals surface area contributed by atoms with Crippen LogP contribution in [0.15, 0.2) is 0 Å².